The van der Waals surface area contributed by atoms with Crippen molar-refractivity contribution >= 4 is 17.7 Å². The number of hydrogen-bond acceptors (Lipinski definition) is 6. The van der Waals surface area contributed by atoms with Gasteiger partial charge in [-0.3, -0.25) is 24.6 Å². The van der Waals surface area contributed by atoms with Crippen LogP contribution in [0.1, 0.15) is 34.3 Å². The van der Waals surface area contributed by atoms with E-state index in [0.717, 1.165) is 17.7 Å². The number of piperidine rings is 1. The number of ether oxygens (including phenoxy) is 1. The molecule has 146 valence electrons. The van der Waals surface area contributed by atoms with Crippen molar-refractivity contribution < 1.29 is 19.1 Å². The molecule has 0 radical (unpaired) electrons. The van der Waals surface area contributed by atoms with E-state index in [1.54, 1.807) is 4.90 Å². The van der Waals surface area contributed by atoms with Crippen molar-refractivity contribution in [1.29, 1.82) is 0 Å². The van der Waals surface area contributed by atoms with Crippen LogP contribution in [0.3, 0.4) is 0 Å². The molecule has 8 heteroatoms. The molecule has 0 aliphatic carbocycles. The van der Waals surface area contributed by atoms with Crippen LogP contribution in [0.25, 0.3) is 0 Å². The molecule has 2 heterocycles. The lowest BCUT2D eigenvalue weighted by Gasteiger charge is -2.29. The molecular formula is C19H26N4O4. The first-order valence-corrected chi connectivity index (χ1v) is 9.22. The Labute approximate surface area is 158 Å². The number of rotatable bonds is 8. The molecule has 1 aromatic rings. The molecule has 3 amide bonds. The fourth-order valence-corrected chi connectivity index (χ4v) is 3.50. The zero-order valence-electron chi connectivity index (χ0n) is 15.6. The summed E-state index contributed by atoms with van der Waals surface area (Å²) in [5.41, 5.74) is 8.00. The highest BCUT2D eigenvalue weighted by atomic mass is 16.5. The fourth-order valence-electron chi connectivity index (χ4n) is 3.50. The first-order chi connectivity index (χ1) is 13.0. The molecule has 3 N–H and O–H groups in total. The molecule has 0 spiro atoms. The Balaban J connectivity index is 1.62. The van der Waals surface area contributed by atoms with Gasteiger partial charge in [-0.2, -0.15) is 0 Å². The maximum atomic E-state index is 12.8. The number of likely N-dealkylation sites (N-methyl/N-ethyl adjacent to an activating group) is 1. The summed E-state index contributed by atoms with van der Waals surface area (Å²) in [7, 11) is 2.00. The topological polar surface area (TPSA) is 105 Å². The number of nitrogens with zero attached hydrogens (tertiary/aromatic N) is 2. The number of benzene rings is 1. The molecule has 1 unspecified atom stereocenters. The summed E-state index contributed by atoms with van der Waals surface area (Å²) in [6, 6.07) is 5.29. The molecule has 2 aliphatic heterocycles. The van der Waals surface area contributed by atoms with Gasteiger partial charge in [0.25, 0.3) is 5.91 Å². The summed E-state index contributed by atoms with van der Waals surface area (Å²) >= 11 is 0. The van der Waals surface area contributed by atoms with Crippen molar-refractivity contribution in [3.8, 4) is 0 Å². The lowest BCUT2D eigenvalue weighted by atomic mass is 10.0. The molecule has 27 heavy (non-hydrogen) atoms. The second kappa shape index (κ2) is 8.60. The summed E-state index contributed by atoms with van der Waals surface area (Å²) in [6.45, 7) is 3.56. The van der Waals surface area contributed by atoms with Gasteiger partial charge in [-0.1, -0.05) is 12.1 Å². The maximum Gasteiger partial charge on any atom is 0.255 e. The molecule has 0 aromatic heterocycles. The van der Waals surface area contributed by atoms with E-state index in [0.29, 0.717) is 44.8 Å². The molecule has 0 bridgehead atoms. The van der Waals surface area contributed by atoms with E-state index in [1.807, 2.05) is 25.2 Å². The minimum Gasteiger partial charge on any atom is -0.379 e. The number of carbonyl (C=O) groups is 3. The zero-order valence-corrected chi connectivity index (χ0v) is 15.6. The third kappa shape index (κ3) is 4.52. The van der Waals surface area contributed by atoms with E-state index in [1.165, 1.54) is 0 Å². The van der Waals surface area contributed by atoms with E-state index in [2.05, 4.69) is 10.2 Å². The first-order valence-electron chi connectivity index (χ1n) is 9.22. The van der Waals surface area contributed by atoms with E-state index in [9.17, 15) is 14.4 Å². The van der Waals surface area contributed by atoms with Crippen LogP contribution in [0, 0.1) is 0 Å². The van der Waals surface area contributed by atoms with Crippen LogP contribution in [0.5, 0.6) is 0 Å². The largest absolute Gasteiger partial charge is 0.379 e. The second-order valence-electron chi connectivity index (χ2n) is 7.03. The van der Waals surface area contributed by atoms with Gasteiger partial charge in [-0.05, 0) is 30.7 Å². The number of hydrogen-bond donors (Lipinski definition) is 2. The minimum absolute atomic E-state index is 0.143. The number of fused-ring (bicyclic) bond motifs is 1. The Morgan fingerprint density at radius 2 is 2.11 bits per heavy atom. The standard InChI is InChI=1S/C19H26N4O4/c1-22(7-9-27-8-6-20)11-13-2-3-14-12-23(19(26)15(14)10-13)16-4-5-17(24)21-18(16)25/h2-3,10,16H,4-9,11-12,20H2,1H3,(H,21,24,25). The number of amides is 3. The van der Waals surface area contributed by atoms with Gasteiger partial charge < -0.3 is 15.4 Å². The summed E-state index contributed by atoms with van der Waals surface area (Å²) < 4.78 is 5.39. The van der Waals surface area contributed by atoms with Crippen LogP contribution in [-0.4, -0.2) is 66.9 Å². The minimum atomic E-state index is -0.576. The molecular weight excluding hydrogens is 348 g/mol. The van der Waals surface area contributed by atoms with E-state index in [4.69, 9.17) is 10.5 Å². The van der Waals surface area contributed by atoms with Gasteiger partial charge in [0.15, 0.2) is 0 Å². The van der Waals surface area contributed by atoms with Gasteiger partial charge in [0, 0.05) is 38.2 Å². The van der Waals surface area contributed by atoms with Crippen LogP contribution < -0.4 is 11.1 Å². The SMILES string of the molecule is CN(CCOCCN)Cc1ccc2c(c1)C(=O)N(C1CCC(=O)NC1=O)C2. The highest BCUT2D eigenvalue weighted by Crippen LogP contribution is 2.28. The van der Waals surface area contributed by atoms with Crippen LogP contribution in [0.15, 0.2) is 18.2 Å². The molecule has 8 nitrogen and oxygen atoms in total. The Kier molecular flexibility index (Phi) is 6.20. The average molecular weight is 374 g/mol. The average Bonchev–Trinajstić information content (AvgIpc) is 2.95. The molecule has 3 rings (SSSR count). The van der Waals surface area contributed by atoms with Crippen molar-refractivity contribution in [2.45, 2.75) is 32.0 Å². The predicted octanol–water partition coefficient (Wildman–Crippen LogP) is -0.145. The summed E-state index contributed by atoms with van der Waals surface area (Å²) in [5.74, 6) is -0.804. The predicted molar refractivity (Wildman–Crippen MR) is 98.7 cm³/mol. The van der Waals surface area contributed by atoms with Gasteiger partial charge in [0.1, 0.15) is 6.04 Å². The van der Waals surface area contributed by atoms with Crippen LogP contribution in [-0.2, 0) is 27.4 Å². The van der Waals surface area contributed by atoms with Gasteiger partial charge in [-0.25, -0.2) is 0 Å². The Morgan fingerprint density at radius 1 is 1.30 bits per heavy atom. The van der Waals surface area contributed by atoms with Crippen LogP contribution in [0.4, 0.5) is 0 Å². The highest BCUT2D eigenvalue weighted by molar-refractivity contribution is 6.05. The maximum absolute atomic E-state index is 12.8. The monoisotopic (exact) mass is 374 g/mol. The van der Waals surface area contributed by atoms with Crippen molar-refractivity contribution in [2.24, 2.45) is 5.73 Å². The molecule has 1 saturated heterocycles. The highest BCUT2D eigenvalue weighted by Gasteiger charge is 2.39. The number of nitrogens with one attached hydrogen (secondary N) is 1. The Bertz CT molecular complexity index is 736. The van der Waals surface area contributed by atoms with E-state index >= 15 is 0 Å². The van der Waals surface area contributed by atoms with Gasteiger partial charge in [0.05, 0.1) is 13.2 Å². The molecule has 0 saturated carbocycles. The summed E-state index contributed by atoms with van der Waals surface area (Å²) in [5, 5.41) is 2.32. The number of nitrogens with two attached hydrogens (primary N) is 1. The third-order valence-corrected chi connectivity index (χ3v) is 4.92. The number of imide groups is 1. The Morgan fingerprint density at radius 3 is 2.85 bits per heavy atom. The smallest absolute Gasteiger partial charge is 0.255 e. The van der Waals surface area contributed by atoms with Crippen LogP contribution in [0.2, 0.25) is 0 Å². The molecule has 2 aliphatic rings. The Hall–Kier alpha value is -2.29. The van der Waals surface area contributed by atoms with Crippen molar-refractivity contribution in [2.75, 3.05) is 33.4 Å². The second-order valence-corrected chi connectivity index (χ2v) is 7.03. The quantitative estimate of drug-likeness (QED) is 0.485. The lowest BCUT2D eigenvalue weighted by Crippen LogP contribution is -2.52. The van der Waals surface area contributed by atoms with Gasteiger partial charge in [0.2, 0.25) is 11.8 Å². The molecule has 1 aromatic carbocycles. The molecule has 1 fully saturated rings. The van der Waals surface area contributed by atoms with E-state index in [-0.39, 0.29) is 24.1 Å². The number of carbonyl (C=O) groups excluding carboxylic acids is 3. The normalized spacial score (nSPS) is 19.6. The van der Waals surface area contributed by atoms with Gasteiger partial charge in [-0.15, -0.1) is 0 Å². The van der Waals surface area contributed by atoms with E-state index < -0.39 is 6.04 Å². The zero-order chi connectivity index (χ0) is 19.4. The van der Waals surface area contributed by atoms with Gasteiger partial charge >= 0.3 is 0 Å². The molecule has 1 atom stereocenters. The summed E-state index contributed by atoms with van der Waals surface area (Å²) in [4.78, 5) is 39.9. The first kappa shape index (κ1) is 19.5. The van der Waals surface area contributed by atoms with Crippen molar-refractivity contribution in [3.63, 3.8) is 0 Å². The third-order valence-electron chi connectivity index (χ3n) is 4.92. The lowest BCUT2D eigenvalue weighted by molar-refractivity contribution is -0.136. The van der Waals surface area contributed by atoms with Crippen molar-refractivity contribution in [1.82, 2.24) is 15.1 Å². The summed E-state index contributed by atoms with van der Waals surface area (Å²) in [6.07, 6.45) is 0.640. The van der Waals surface area contributed by atoms with Crippen molar-refractivity contribution in [3.05, 3.63) is 34.9 Å². The fraction of sp³-hybridized carbons (Fsp3) is 0.526. The van der Waals surface area contributed by atoms with Crippen LogP contribution >= 0.6 is 0 Å².